The lowest BCUT2D eigenvalue weighted by Gasteiger charge is -2.12. The summed E-state index contributed by atoms with van der Waals surface area (Å²) in [5.41, 5.74) is 2.59. The minimum absolute atomic E-state index is 0.00108. The summed E-state index contributed by atoms with van der Waals surface area (Å²) in [6.07, 6.45) is 0.0843. The minimum Gasteiger partial charge on any atom is -0.352 e. The highest BCUT2D eigenvalue weighted by molar-refractivity contribution is 7.89. The number of hydrogen-bond acceptors (Lipinski definition) is 4. The van der Waals surface area contributed by atoms with Crippen LogP contribution in [0.25, 0.3) is 0 Å². The number of nitrogens with one attached hydrogen (secondary N) is 2. The molecule has 0 atom stereocenters. The monoisotopic (exact) mass is 403 g/mol. The van der Waals surface area contributed by atoms with E-state index in [1.165, 1.54) is 12.1 Å². The average molecular weight is 404 g/mol. The number of benzene rings is 2. The lowest BCUT2D eigenvalue weighted by Crippen LogP contribution is -2.27. The molecule has 0 fully saturated rings. The Morgan fingerprint density at radius 1 is 1.07 bits per heavy atom. The van der Waals surface area contributed by atoms with E-state index in [1.54, 1.807) is 30.3 Å². The summed E-state index contributed by atoms with van der Waals surface area (Å²) in [5.74, 6) is -0.0317. The van der Waals surface area contributed by atoms with Gasteiger partial charge in [0.05, 0.1) is 11.3 Å². The molecule has 0 saturated heterocycles. The van der Waals surface area contributed by atoms with Crippen LogP contribution < -0.4 is 15.8 Å². The SMILES string of the molecule is Cc1cc(C(=O)NCC(C)C)ccc1NC(=O)Cc1ccc(S(N)(=O)=O)cc1. The first-order valence-electron chi connectivity index (χ1n) is 8.86. The number of sulfonamides is 1. The predicted molar refractivity (Wildman–Crippen MR) is 108 cm³/mol. The molecule has 0 heterocycles. The maximum absolute atomic E-state index is 12.3. The fraction of sp³-hybridized carbons (Fsp3) is 0.300. The van der Waals surface area contributed by atoms with Crippen LogP contribution in [-0.2, 0) is 21.2 Å². The molecular weight excluding hydrogens is 378 g/mol. The van der Waals surface area contributed by atoms with Crippen molar-refractivity contribution in [2.24, 2.45) is 11.1 Å². The van der Waals surface area contributed by atoms with Gasteiger partial charge in [0.25, 0.3) is 5.91 Å². The maximum atomic E-state index is 12.3. The van der Waals surface area contributed by atoms with Gasteiger partial charge in [-0.2, -0.15) is 0 Å². The quantitative estimate of drug-likeness (QED) is 0.657. The van der Waals surface area contributed by atoms with Crippen LogP contribution in [0.15, 0.2) is 47.4 Å². The molecule has 28 heavy (non-hydrogen) atoms. The third kappa shape index (κ3) is 6.17. The molecule has 0 aromatic heterocycles. The molecule has 2 amide bonds. The van der Waals surface area contributed by atoms with E-state index in [-0.39, 0.29) is 23.1 Å². The number of hydrogen-bond donors (Lipinski definition) is 3. The van der Waals surface area contributed by atoms with Crippen LogP contribution in [0.4, 0.5) is 5.69 Å². The Balaban J connectivity index is 2.01. The average Bonchev–Trinajstić information content (AvgIpc) is 2.61. The molecule has 2 aromatic carbocycles. The van der Waals surface area contributed by atoms with Gasteiger partial charge in [-0.25, -0.2) is 13.6 Å². The molecule has 0 aliphatic rings. The van der Waals surface area contributed by atoms with Gasteiger partial charge in [0.1, 0.15) is 0 Å². The van der Waals surface area contributed by atoms with Gasteiger partial charge >= 0.3 is 0 Å². The molecule has 7 nitrogen and oxygen atoms in total. The number of primary sulfonamides is 1. The van der Waals surface area contributed by atoms with E-state index in [2.05, 4.69) is 10.6 Å². The molecule has 0 radical (unpaired) electrons. The Bertz CT molecular complexity index is 967. The van der Waals surface area contributed by atoms with Crippen LogP contribution in [0.2, 0.25) is 0 Å². The van der Waals surface area contributed by atoms with Gasteiger partial charge in [0.15, 0.2) is 0 Å². The molecule has 2 aromatic rings. The minimum atomic E-state index is -3.76. The second-order valence-corrected chi connectivity index (χ2v) is 8.61. The van der Waals surface area contributed by atoms with Gasteiger partial charge in [-0.15, -0.1) is 0 Å². The number of rotatable bonds is 7. The topological polar surface area (TPSA) is 118 Å². The van der Waals surface area contributed by atoms with Gasteiger partial charge in [-0.3, -0.25) is 9.59 Å². The van der Waals surface area contributed by atoms with Gasteiger partial charge in [-0.1, -0.05) is 26.0 Å². The van der Waals surface area contributed by atoms with Crippen LogP contribution in [0.1, 0.15) is 35.3 Å². The van der Waals surface area contributed by atoms with Crippen molar-refractivity contribution in [1.29, 1.82) is 0 Å². The highest BCUT2D eigenvalue weighted by atomic mass is 32.2. The first kappa shape index (κ1) is 21.6. The van der Waals surface area contributed by atoms with Gasteiger partial charge in [0, 0.05) is 17.8 Å². The summed E-state index contributed by atoms with van der Waals surface area (Å²) >= 11 is 0. The van der Waals surface area contributed by atoms with Crippen molar-refractivity contribution in [1.82, 2.24) is 5.32 Å². The number of nitrogens with two attached hydrogens (primary N) is 1. The van der Waals surface area contributed by atoms with Gasteiger partial charge in [-0.05, 0) is 54.3 Å². The first-order chi connectivity index (χ1) is 13.1. The molecule has 0 aliphatic carbocycles. The van der Waals surface area contributed by atoms with Gasteiger partial charge in [0.2, 0.25) is 15.9 Å². The Hall–Kier alpha value is -2.71. The zero-order chi connectivity index (χ0) is 20.9. The van der Waals surface area contributed by atoms with Crippen LogP contribution in [-0.4, -0.2) is 26.8 Å². The molecule has 4 N–H and O–H groups in total. The normalized spacial score (nSPS) is 11.3. The van der Waals surface area contributed by atoms with Gasteiger partial charge < -0.3 is 10.6 Å². The molecule has 0 spiro atoms. The van der Waals surface area contributed by atoms with Crippen molar-refractivity contribution >= 4 is 27.5 Å². The van der Waals surface area contributed by atoms with Crippen LogP contribution in [0.3, 0.4) is 0 Å². The third-order valence-electron chi connectivity index (χ3n) is 4.05. The van der Waals surface area contributed by atoms with Crippen LogP contribution >= 0.6 is 0 Å². The second kappa shape index (κ2) is 8.99. The van der Waals surface area contributed by atoms with E-state index in [1.807, 2.05) is 20.8 Å². The fourth-order valence-electron chi connectivity index (χ4n) is 2.52. The number of carbonyl (C=O) groups excluding carboxylic acids is 2. The van der Waals surface area contributed by atoms with Crippen LogP contribution in [0, 0.1) is 12.8 Å². The molecular formula is C20H25N3O4S. The number of carbonyl (C=O) groups is 2. The molecule has 8 heteroatoms. The van der Waals surface area contributed by atoms with E-state index in [4.69, 9.17) is 5.14 Å². The number of amides is 2. The second-order valence-electron chi connectivity index (χ2n) is 7.05. The number of aryl methyl sites for hydroxylation is 1. The molecule has 0 saturated carbocycles. The maximum Gasteiger partial charge on any atom is 0.251 e. The zero-order valence-electron chi connectivity index (χ0n) is 16.2. The smallest absolute Gasteiger partial charge is 0.251 e. The fourth-order valence-corrected chi connectivity index (χ4v) is 3.04. The molecule has 0 bridgehead atoms. The van der Waals surface area contributed by atoms with Crippen LogP contribution in [0.5, 0.6) is 0 Å². The lowest BCUT2D eigenvalue weighted by molar-refractivity contribution is -0.115. The van der Waals surface area contributed by atoms with Crippen molar-refractivity contribution in [3.8, 4) is 0 Å². The van der Waals surface area contributed by atoms with Crippen molar-refractivity contribution in [3.05, 3.63) is 59.2 Å². The molecule has 0 aliphatic heterocycles. The van der Waals surface area contributed by atoms with E-state index in [9.17, 15) is 18.0 Å². The largest absolute Gasteiger partial charge is 0.352 e. The molecule has 150 valence electrons. The Labute approximate surface area is 165 Å². The summed E-state index contributed by atoms with van der Waals surface area (Å²) in [7, 11) is -3.76. The van der Waals surface area contributed by atoms with E-state index >= 15 is 0 Å². The Morgan fingerprint density at radius 2 is 1.71 bits per heavy atom. The Morgan fingerprint density at radius 3 is 2.25 bits per heavy atom. The van der Waals surface area contributed by atoms with Crippen molar-refractivity contribution in [2.75, 3.05) is 11.9 Å². The molecule has 2 rings (SSSR count). The Kier molecular flexibility index (Phi) is 6.93. The number of anilines is 1. The summed E-state index contributed by atoms with van der Waals surface area (Å²) in [5, 5.41) is 10.7. The summed E-state index contributed by atoms with van der Waals surface area (Å²) < 4.78 is 22.5. The highest BCUT2D eigenvalue weighted by Crippen LogP contribution is 2.17. The lowest BCUT2D eigenvalue weighted by atomic mass is 10.1. The van der Waals surface area contributed by atoms with Crippen molar-refractivity contribution in [2.45, 2.75) is 32.1 Å². The molecule has 0 unspecified atom stereocenters. The highest BCUT2D eigenvalue weighted by Gasteiger charge is 2.12. The van der Waals surface area contributed by atoms with Crippen molar-refractivity contribution in [3.63, 3.8) is 0 Å². The van der Waals surface area contributed by atoms with Crippen molar-refractivity contribution < 1.29 is 18.0 Å². The van der Waals surface area contributed by atoms with E-state index in [0.29, 0.717) is 29.3 Å². The predicted octanol–water partition coefficient (Wildman–Crippen LogP) is 2.21. The summed E-state index contributed by atoms with van der Waals surface area (Å²) in [4.78, 5) is 24.4. The zero-order valence-corrected chi connectivity index (χ0v) is 17.0. The summed E-state index contributed by atoms with van der Waals surface area (Å²) in [6.45, 7) is 6.45. The van der Waals surface area contributed by atoms with E-state index < -0.39 is 10.0 Å². The first-order valence-corrected chi connectivity index (χ1v) is 10.4. The van der Waals surface area contributed by atoms with E-state index in [0.717, 1.165) is 5.56 Å². The standard InChI is InChI=1S/C20H25N3O4S/c1-13(2)12-22-20(25)16-6-9-18(14(3)10-16)23-19(24)11-15-4-7-17(8-5-15)28(21,26)27/h4-10,13H,11-12H2,1-3H3,(H,22,25)(H,23,24)(H2,21,26,27). The third-order valence-corrected chi connectivity index (χ3v) is 4.98. The summed E-state index contributed by atoms with van der Waals surface area (Å²) in [6, 6.07) is 10.9.